The van der Waals surface area contributed by atoms with Crippen LogP contribution in [-0.4, -0.2) is 44.7 Å². The van der Waals surface area contributed by atoms with Crippen LogP contribution >= 0.6 is 0 Å². The summed E-state index contributed by atoms with van der Waals surface area (Å²) in [5, 5.41) is 24.7. The average molecular weight is 481 g/mol. The van der Waals surface area contributed by atoms with Gasteiger partial charge in [-0.2, -0.15) is 0 Å². The number of para-hydroxylation sites is 1. The van der Waals surface area contributed by atoms with Gasteiger partial charge in [0.1, 0.15) is 17.1 Å². The zero-order valence-corrected chi connectivity index (χ0v) is 19.8. The maximum atomic E-state index is 12.0. The molecule has 0 aliphatic rings. The molecule has 180 valence electrons. The number of benzene rings is 3. The molecule has 0 fully saturated rings. The summed E-state index contributed by atoms with van der Waals surface area (Å²) in [5.41, 5.74) is 8.65. The van der Waals surface area contributed by atoms with Crippen molar-refractivity contribution in [3.8, 4) is 17.3 Å². The van der Waals surface area contributed by atoms with E-state index in [1.165, 1.54) is 0 Å². The highest BCUT2D eigenvalue weighted by Crippen LogP contribution is 2.35. The second-order valence-electron chi connectivity index (χ2n) is 8.44. The quantitative estimate of drug-likeness (QED) is 0.262. The van der Waals surface area contributed by atoms with Crippen molar-refractivity contribution in [2.45, 2.75) is 6.54 Å². The Hall–Kier alpha value is -4.41. The van der Waals surface area contributed by atoms with Crippen LogP contribution in [0.2, 0.25) is 0 Å². The van der Waals surface area contributed by atoms with Crippen molar-refractivity contribution in [1.82, 2.24) is 14.5 Å². The first kappa shape index (κ1) is 23.3. The number of methoxy groups -OCH3 is 1. The van der Waals surface area contributed by atoms with E-state index in [9.17, 15) is 14.8 Å². The van der Waals surface area contributed by atoms with Gasteiger partial charge < -0.3 is 30.4 Å². The van der Waals surface area contributed by atoms with Crippen molar-refractivity contribution in [2.75, 3.05) is 12.4 Å². The van der Waals surface area contributed by atoms with Crippen molar-refractivity contribution in [3.05, 3.63) is 78.0 Å². The molecule has 0 aliphatic heterocycles. The molecular weight excluding hydrogens is 457 g/mol. The second-order valence-corrected chi connectivity index (χ2v) is 8.44. The molecule has 0 unspecified atom stereocenters. The summed E-state index contributed by atoms with van der Waals surface area (Å²) in [5.74, 6) is 1.13. The van der Waals surface area contributed by atoms with Gasteiger partial charge in [-0.05, 0) is 29.2 Å². The summed E-state index contributed by atoms with van der Waals surface area (Å²) in [6, 6.07) is 18.0. The highest BCUT2D eigenvalue weighted by molar-refractivity contribution is 6.58. The SMILES string of the molecule is COc1cccc2c(NCc3cccc(B(O)O)c3)nc(-c3c4cccc(C(N)=O)c4cn3C)nc12. The standard InChI is InChI=1S/C26H24BN5O4/c1-32-14-20-17(8-4-9-18(20)24(28)33)23(32)26-30-22-19(10-5-11-21(22)36-2)25(31-26)29-13-15-6-3-7-16(12-15)27(34)35/h3-12,14,34-35H,13H2,1-2H3,(H2,28,33)(H,29,30,31). The average Bonchev–Trinajstić information content (AvgIpc) is 3.22. The second kappa shape index (κ2) is 9.33. The molecule has 9 nitrogen and oxygen atoms in total. The summed E-state index contributed by atoms with van der Waals surface area (Å²) in [7, 11) is 1.91. The van der Waals surface area contributed by atoms with Crippen LogP contribution in [0.1, 0.15) is 15.9 Å². The van der Waals surface area contributed by atoms with Gasteiger partial charge in [0.25, 0.3) is 0 Å². The first-order valence-electron chi connectivity index (χ1n) is 11.3. The monoisotopic (exact) mass is 481 g/mol. The van der Waals surface area contributed by atoms with Crippen LogP contribution in [0.3, 0.4) is 0 Å². The van der Waals surface area contributed by atoms with Gasteiger partial charge in [-0.25, -0.2) is 9.97 Å². The number of ether oxygens (including phenoxy) is 1. The Morgan fingerprint density at radius 3 is 2.56 bits per heavy atom. The van der Waals surface area contributed by atoms with Crippen LogP contribution in [0.25, 0.3) is 33.2 Å². The van der Waals surface area contributed by atoms with Crippen LogP contribution in [-0.2, 0) is 13.6 Å². The predicted octanol–water partition coefficient (Wildman–Crippen LogP) is 2.19. The number of aryl methyl sites for hydroxylation is 1. The third kappa shape index (κ3) is 4.12. The zero-order chi connectivity index (χ0) is 25.4. The van der Waals surface area contributed by atoms with Crippen molar-refractivity contribution >= 4 is 46.0 Å². The van der Waals surface area contributed by atoms with E-state index in [4.69, 9.17) is 20.4 Å². The highest BCUT2D eigenvalue weighted by Gasteiger charge is 2.20. The van der Waals surface area contributed by atoms with E-state index in [1.54, 1.807) is 37.4 Å². The number of aromatic nitrogens is 3. The van der Waals surface area contributed by atoms with Crippen LogP contribution < -0.4 is 21.3 Å². The molecule has 5 aromatic rings. The number of nitrogens with one attached hydrogen (secondary N) is 1. The molecule has 5 N–H and O–H groups in total. The lowest BCUT2D eigenvalue weighted by Crippen LogP contribution is -2.30. The minimum atomic E-state index is -1.54. The molecule has 5 rings (SSSR count). The molecule has 0 bridgehead atoms. The Labute approximate surface area is 207 Å². The van der Waals surface area contributed by atoms with E-state index in [0.717, 1.165) is 27.4 Å². The fraction of sp³-hybridized carbons (Fsp3) is 0.115. The summed E-state index contributed by atoms with van der Waals surface area (Å²) in [6.45, 7) is 0.392. The molecule has 3 aromatic carbocycles. The largest absolute Gasteiger partial charge is 0.494 e. The summed E-state index contributed by atoms with van der Waals surface area (Å²) in [4.78, 5) is 21.7. The van der Waals surface area contributed by atoms with Gasteiger partial charge in [0.15, 0.2) is 5.82 Å². The molecule has 0 atom stereocenters. The molecule has 0 saturated heterocycles. The third-order valence-corrected chi connectivity index (χ3v) is 6.13. The molecular formula is C26H24BN5O4. The van der Waals surface area contributed by atoms with Crippen LogP contribution in [0.4, 0.5) is 5.82 Å². The molecule has 1 amide bonds. The first-order valence-corrected chi connectivity index (χ1v) is 11.3. The number of fused-ring (bicyclic) bond motifs is 2. The van der Waals surface area contributed by atoms with Gasteiger partial charge in [0.2, 0.25) is 5.91 Å². The smallest absolute Gasteiger partial charge is 0.488 e. The number of carbonyl (C=O) groups is 1. The topological polar surface area (TPSA) is 136 Å². The molecule has 10 heteroatoms. The predicted molar refractivity (Wildman–Crippen MR) is 140 cm³/mol. The van der Waals surface area contributed by atoms with Gasteiger partial charge >= 0.3 is 7.12 Å². The maximum absolute atomic E-state index is 12.0. The maximum Gasteiger partial charge on any atom is 0.488 e. The summed E-state index contributed by atoms with van der Waals surface area (Å²) < 4.78 is 7.46. The fourth-order valence-electron chi connectivity index (χ4n) is 4.43. The first-order chi connectivity index (χ1) is 17.4. The lowest BCUT2D eigenvalue weighted by molar-refractivity contribution is 0.100. The molecule has 0 aliphatic carbocycles. The van der Waals surface area contributed by atoms with E-state index >= 15 is 0 Å². The van der Waals surface area contributed by atoms with Gasteiger partial charge in [-0.15, -0.1) is 0 Å². The Morgan fingerprint density at radius 2 is 1.81 bits per heavy atom. The Kier molecular flexibility index (Phi) is 6.05. The van der Waals surface area contributed by atoms with E-state index in [0.29, 0.717) is 40.5 Å². The number of primary amides is 1. The fourth-order valence-corrected chi connectivity index (χ4v) is 4.43. The van der Waals surface area contributed by atoms with Gasteiger partial charge in [-0.1, -0.05) is 42.5 Å². The van der Waals surface area contributed by atoms with E-state index in [2.05, 4.69) is 5.32 Å². The van der Waals surface area contributed by atoms with Gasteiger partial charge in [0.05, 0.1) is 12.8 Å². The number of carbonyl (C=O) groups excluding carboxylic acids is 1. The Bertz CT molecular complexity index is 1620. The normalized spacial score (nSPS) is 11.1. The van der Waals surface area contributed by atoms with Crippen molar-refractivity contribution < 1.29 is 19.6 Å². The number of nitrogens with zero attached hydrogens (tertiary/aromatic N) is 3. The van der Waals surface area contributed by atoms with Crippen LogP contribution in [0.15, 0.2) is 66.9 Å². The summed E-state index contributed by atoms with van der Waals surface area (Å²) >= 11 is 0. The minimum absolute atomic E-state index is 0.392. The number of rotatable bonds is 7. The number of hydrogen-bond acceptors (Lipinski definition) is 7. The molecule has 0 spiro atoms. The van der Waals surface area contributed by atoms with Crippen molar-refractivity contribution in [2.24, 2.45) is 12.8 Å². The zero-order valence-electron chi connectivity index (χ0n) is 19.8. The molecule has 0 saturated carbocycles. The van der Waals surface area contributed by atoms with Crippen LogP contribution in [0.5, 0.6) is 5.75 Å². The number of anilines is 1. The van der Waals surface area contributed by atoms with Gasteiger partial charge in [0, 0.05) is 41.5 Å². The molecule has 2 aromatic heterocycles. The van der Waals surface area contributed by atoms with Crippen molar-refractivity contribution in [3.63, 3.8) is 0 Å². The number of hydrogen-bond donors (Lipinski definition) is 4. The highest BCUT2D eigenvalue weighted by atomic mass is 16.5. The Morgan fingerprint density at radius 1 is 1.06 bits per heavy atom. The van der Waals surface area contributed by atoms with Gasteiger partial charge in [-0.3, -0.25) is 4.79 Å². The third-order valence-electron chi connectivity index (χ3n) is 6.13. The minimum Gasteiger partial charge on any atom is -0.494 e. The van der Waals surface area contributed by atoms with Crippen molar-refractivity contribution in [1.29, 1.82) is 0 Å². The van der Waals surface area contributed by atoms with E-state index in [1.807, 2.05) is 48.1 Å². The molecule has 0 radical (unpaired) electrons. The van der Waals surface area contributed by atoms with E-state index in [-0.39, 0.29) is 0 Å². The Balaban J connectivity index is 1.66. The van der Waals surface area contributed by atoms with E-state index < -0.39 is 13.0 Å². The lowest BCUT2D eigenvalue weighted by atomic mass is 9.80. The van der Waals surface area contributed by atoms with Crippen LogP contribution in [0, 0.1) is 0 Å². The summed E-state index contributed by atoms with van der Waals surface area (Å²) in [6.07, 6.45) is 1.85. The number of nitrogens with two attached hydrogens (primary N) is 1. The lowest BCUT2D eigenvalue weighted by Gasteiger charge is -2.14. The molecule has 36 heavy (non-hydrogen) atoms. The molecule has 2 heterocycles. The number of amides is 1.